The van der Waals surface area contributed by atoms with Crippen molar-refractivity contribution in [3.8, 4) is 11.3 Å². The Kier molecular flexibility index (Phi) is 4.35. The largest absolute Gasteiger partial charge is 0.300 e. The van der Waals surface area contributed by atoms with Crippen molar-refractivity contribution in [3.05, 3.63) is 46.9 Å². The number of aromatic nitrogens is 1. The van der Waals surface area contributed by atoms with Gasteiger partial charge in [0.25, 0.3) is 0 Å². The van der Waals surface area contributed by atoms with Crippen molar-refractivity contribution < 1.29 is 14.4 Å². The van der Waals surface area contributed by atoms with Crippen LogP contribution in [0.15, 0.2) is 35.7 Å². The quantitative estimate of drug-likeness (QED) is 0.592. The maximum Gasteiger partial charge on any atom is 0.246 e. The SMILES string of the molecule is O=C(CN1C(=O)[C@H]2[C@H](C1=O)[C@H]1C=C[C@H]2C1)Nc1nc(-c2ccc3c(c2)CCCC3)cs1. The molecule has 1 aromatic heterocycles. The van der Waals surface area contributed by atoms with Gasteiger partial charge in [-0.2, -0.15) is 0 Å². The fourth-order valence-electron chi connectivity index (χ4n) is 5.78. The maximum atomic E-state index is 12.8. The Morgan fingerprint density at radius 1 is 1.06 bits per heavy atom. The maximum absolute atomic E-state index is 12.8. The first-order chi connectivity index (χ1) is 15.1. The molecular weight excluding hydrogens is 410 g/mol. The van der Waals surface area contributed by atoms with Gasteiger partial charge in [0.15, 0.2) is 5.13 Å². The minimum atomic E-state index is -0.381. The summed E-state index contributed by atoms with van der Waals surface area (Å²) in [6.45, 7) is -0.238. The van der Waals surface area contributed by atoms with Gasteiger partial charge in [-0.1, -0.05) is 24.3 Å². The van der Waals surface area contributed by atoms with Crippen molar-refractivity contribution >= 4 is 34.2 Å². The first-order valence-electron chi connectivity index (χ1n) is 11.0. The predicted octanol–water partition coefficient (Wildman–Crippen LogP) is 3.43. The smallest absolute Gasteiger partial charge is 0.246 e. The van der Waals surface area contributed by atoms with E-state index < -0.39 is 0 Å². The molecule has 1 saturated heterocycles. The lowest BCUT2D eigenvalue weighted by Gasteiger charge is -2.16. The summed E-state index contributed by atoms with van der Waals surface area (Å²) < 4.78 is 0. The highest BCUT2D eigenvalue weighted by molar-refractivity contribution is 7.14. The number of aryl methyl sites for hydroxylation is 2. The number of nitrogens with one attached hydrogen (secondary N) is 1. The molecular formula is C24H23N3O3S. The van der Waals surface area contributed by atoms with Gasteiger partial charge in [-0.3, -0.25) is 19.3 Å². The van der Waals surface area contributed by atoms with Gasteiger partial charge in [0.05, 0.1) is 17.5 Å². The minimum absolute atomic E-state index is 0.151. The van der Waals surface area contributed by atoms with Crippen LogP contribution in [0.3, 0.4) is 0 Å². The Morgan fingerprint density at radius 2 is 1.77 bits per heavy atom. The van der Waals surface area contributed by atoms with Crippen LogP contribution in [0, 0.1) is 23.7 Å². The fourth-order valence-corrected chi connectivity index (χ4v) is 6.51. The van der Waals surface area contributed by atoms with Crippen molar-refractivity contribution in [1.29, 1.82) is 0 Å². The van der Waals surface area contributed by atoms with Crippen LogP contribution in [0.1, 0.15) is 30.4 Å². The number of hydrogen-bond donors (Lipinski definition) is 1. The monoisotopic (exact) mass is 433 g/mol. The van der Waals surface area contributed by atoms with E-state index in [2.05, 4.69) is 40.7 Å². The van der Waals surface area contributed by atoms with Crippen molar-refractivity contribution in [1.82, 2.24) is 9.88 Å². The number of amides is 3. The molecule has 1 aliphatic heterocycles. The van der Waals surface area contributed by atoms with Gasteiger partial charge in [0.1, 0.15) is 6.54 Å². The summed E-state index contributed by atoms with van der Waals surface area (Å²) in [5.74, 6) is -1.02. The molecule has 3 amide bonds. The van der Waals surface area contributed by atoms with Gasteiger partial charge in [0.2, 0.25) is 17.7 Å². The summed E-state index contributed by atoms with van der Waals surface area (Å²) >= 11 is 1.36. The molecule has 4 atom stereocenters. The van der Waals surface area contributed by atoms with Crippen LogP contribution in [0.4, 0.5) is 5.13 Å². The number of allylic oxidation sites excluding steroid dienone is 2. The van der Waals surface area contributed by atoms with Crippen LogP contribution < -0.4 is 5.32 Å². The highest BCUT2D eigenvalue weighted by atomic mass is 32.1. The number of likely N-dealkylation sites (tertiary alicyclic amines) is 1. The lowest BCUT2D eigenvalue weighted by Crippen LogP contribution is -2.39. The normalized spacial score (nSPS) is 28.2. The van der Waals surface area contributed by atoms with E-state index >= 15 is 0 Å². The molecule has 2 aromatic rings. The summed E-state index contributed by atoms with van der Waals surface area (Å²) in [6.07, 6.45) is 9.71. The van der Waals surface area contributed by atoms with Gasteiger partial charge >= 0.3 is 0 Å². The Morgan fingerprint density at radius 3 is 2.52 bits per heavy atom. The third-order valence-corrected chi connectivity index (χ3v) is 8.02. The molecule has 7 heteroatoms. The molecule has 31 heavy (non-hydrogen) atoms. The Labute approximate surface area is 184 Å². The van der Waals surface area contributed by atoms with E-state index in [-0.39, 0.29) is 47.9 Å². The van der Waals surface area contributed by atoms with Crippen molar-refractivity contribution in [3.63, 3.8) is 0 Å². The number of thiazole rings is 1. The average Bonchev–Trinajstić information content (AvgIpc) is 3.55. The molecule has 1 aromatic carbocycles. The number of imide groups is 1. The summed E-state index contributed by atoms with van der Waals surface area (Å²) in [5.41, 5.74) is 4.70. The van der Waals surface area contributed by atoms with Crippen LogP contribution in [0.2, 0.25) is 0 Å². The Bertz CT molecular complexity index is 1110. The molecule has 0 radical (unpaired) electrons. The second kappa shape index (κ2) is 7.12. The number of anilines is 1. The average molecular weight is 434 g/mol. The molecule has 4 aliphatic rings. The number of benzene rings is 1. The first-order valence-corrected chi connectivity index (χ1v) is 11.9. The van der Waals surface area contributed by atoms with Crippen molar-refractivity contribution in [2.45, 2.75) is 32.1 Å². The van der Waals surface area contributed by atoms with Crippen LogP contribution in [-0.2, 0) is 27.2 Å². The van der Waals surface area contributed by atoms with Crippen LogP contribution in [0.5, 0.6) is 0 Å². The zero-order valence-electron chi connectivity index (χ0n) is 17.0. The molecule has 0 spiro atoms. The second-order valence-electron chi connectivity index (χ2n) is 9.04. The summed E-state index contributed by atoms with van der Waals surface area (Å²) in [7, 11) is 0. The van der Waals surface area contributed by atoms with E-state index in [1.165, 1.54) is 35.3 Å². The zero-order chi connectivity index (χ0) is 21.1. The van der Waals surface area contributed by atoms with Gasteiger partial charge in [-0.05, 0) is 61.1 Å². The van der Waals surface area contributed by atoms with E-state index in [1.54, 1.807) is 0 Å². The molecule has 3 aliphatic carbocycles. The molecule has 1 N–H and O–H groups in total. The van der Waals surface area contributed by atoms with E-state index in [4.69, 9.17) is 0 Å². The van der Waals surface area contributed by atoms with Crippen LogP contribution in [0.25, 0.3) is 11.3 Å². The van der Waals surface area contributed by atoms with Crippen LogP contribution in [-0.4, -0.2) is 34.2 Å². The van der Waals surface area contributed by atoms with Gasteiger partial charge in [0, 0.05) is 10.9 Å². The number of fused-ring (bicyclic) bond motifs is 6. The van der Waals surface area contributed by atoms with Crippen molar-refractivity contribution in [2.24, 2.45) is 23.7 Å². The van der Waals surface area contributed by atoms with Crippen molar-refractivity contribution in [2.75, 3.05) is 11.9 Å². The number of carbonyl (C=O) groups is 3. The molecule has 6 nitrogen and oxygen atoms in total. The molecule has 0 unspecified atom stereocenters. The number of carbonyl (C=O) groups excluding carboxylic acids is 3. The summed E-state index contributed by atoms with van der Waals surface area (Å²) in [6, 6.07) is 6.48. The molecule has 1 saturated carbocycles. The molecule has 2 bridgehead atoms. The van der Waals surface area contributed by atoms with Crippen LogP contribution >= 0.6 is 11.3 Å². The molecule has 6 rings (SSSR count). The number of nitrogens with zero attached hydrogens (tertiary/aromatic N) is 2. The van der Waals surface area contributed by atoms with E-state index in [1.807, 2.05) is 5.38 Å². The van der Waals surface area contributed by atoms with Gasteiger partial charge < -0.3 is 5.32 Å². The number of rotatable bonds is 4. The van der Waals surface area contributed by atoms with Gasteiger partial charge in [-0.25, -0.2) is 4.98 Å². The fraction of sp³-hybridized carbons (Fsp3) is 0.417. The number of hydrogen-bond acceptors (Lipinski definition) is 5. The van der Waals surface area contributed by atoms with E-state index in [0.717, 1.165) is 35.4 Å². The minimum Gasteiger partial charge on any atom is -0.300 e. The van der Waals surface area contributed by atoms with Gasteiger partial charge in [-0.15, -0.1) is 11.3 Å². The summed E-state index contributed by atoms with van der Waals surface area (Å²) in [5, 5.41) is 5.19. The third-order valence-electron chi connectivity index (χ3n) is 7.26. The second-order valence-corrected chi connectivity index (χ2v) is 9.90. The Hall–Kier alpha value is -2.80. The van der Waals surface area contributed by atoms with E-state index in [0.29, 0.717) is 5.13 Å². The Balaban J connectivity index is 1.13. The first kappa shape index (κ1) is 18.9. The molecule has 2 fully saturated rings. The lowest BCUT2D eigenvalue weighted by atomic mass is 9.85. The molecule has 158 valence electrons. The molecule has 2 heterocycles. The third kappa shape index (κ3) is 3.05. The van der Waals surface area contributed by atoms with E-state index in [9.17, 15) is 14.4 Å². The highest BCUT2D eigenvalue weighted by Gasteiger charge is 2.59. The topological polar surface area (TPSA) is 79.4 Å². The standard InChI is InChI=1S/C24H23N3O3S/c28-19(11-27-22(29)20-16-7-8-17(10-16)21(20)23(27)30)26-24-25-18(12-31-24)15-6-5-13-3-1-2-4-14(13)9-15/h5-9,12,16-17,20-21H,1-4,10-11H2,(H,25,26,28)/t16-,17-,20+,21+/m0/s1. The summed E-state index contributed by atoms with van der Waals surface area (Å²) in [4.78, 5) is 43.8. The lowest BCUT2D eigenvalue weighted by molar-refractivity contribution is -0.143. The zero-order valence-corrected chi connectivity index (χ0v) is 17.9. The predicted molar refractivity (Wildman–Crippen MR) is 117 cm³/mol. The highest BCUT2D eigenvalue weighted by Crippen LogP contribution is 2.52.